The Balaban J connectivity index is 0.000000404. The molecule has 3 heterocycles. The number of carboxylic acid groups (broad SMARTS) is 2. The number of amides is 1. The lowest BCUT2D eigenvalue weighted by atomic mass is 9.83. The maximum absolute atomic E-state index is 12.4. The van der Waals surface area contributed by atoms with Gasteiger partial charge in [-0.25, -0.2) is 9.59 Å². The van der Waals surface area contributed by atoms with Crippen molar-refractivity contribution in [2.45, 2.75) is 37.8 Å². The van der Waals surface area contributed by atoms with Crippen molar-refractivity contribution in [1.29, 1.82) is 0 Å². The van der Waals surface area contributed by atoms with Gasteiger partial charge in [-0.15, -0.1) is 6.58 Å². The average Bonchev–Trinajstić information content (AvgIpc) is 2.82. The number of rotatable bonds is 5. The number of carboxylic acids is 2. The predicted molar refractivity (Wildman–Crippen MR) is 116 cm³/mol. The zero-order valence-corrected chi connectivity index (χ0v) is 19.5. The highest BCUT2D eigenvalue weighted by atomic mass is 19.4. The molecule has 0 aromatic carbocycles. The van der Waals surface area contributed by atoms with Gasteiger partial charge in [0.15, 0.2) is 0 Å². The van der Waals surface area contributed by atoms with Gasteiger partial charge in [0.25, 0.3) is 0 Å². The number of nitrogens with zero attached hydrogens (tertiary/aromatic N) is 2. The number of halogens is 6. The molecule has 208 valence electrons. The molecule has 0 radical (unpaired) electrons. The van der Waals surface area contributed by atoms with E-state index in [9.17, 15) is 31.1 Å². The molecule has 2 aliphatic heterocycles. The summed E-state index contributed by atoms with van der Waals surface area (Å²) in [6.45, 7) is 7.87. The number of fused-ring (bicyclic) bond motifs is 1. The molecule has 15 heteroatoms. The van der Waals surface area contributed by atoms with Gasteiger partial charge in [0.05, 0.1) is 18.6 Å². The molecule has 2 fully saturated rings. The molecule has 1 aromatic heterocycles. The first kappa shape index (κ1) is 31.8. The van der Waals surface area contributed by atoms with Crippen LogP contribution in [0.4, 0.5) is 26.3 Å². The molecule has 0 aliphatic carbocycles. The summed E-state index contributed by atoms with van der Waals surface area (Å²) < 4.78 is 69.4. The van der Waals surface area contributed by atoms with E-state index in [-0.39, 0.29) is 11.8 Å². The lowest BCUT2D eigenvalue weighted by Crippen LogP contribution is -2.50. The summed E-state index contributed by atoms with van der Waals surface area (Å²) in [5.41, 5.74) is 1.02. The number of nitrogens with one attached hydrogen (secondary N) is 1. The highest BCUT2D eigenvalue weighted by Crippen LogP contribution is 2.31. The van der Waals surface area contributed by atoms with Crippen molar-refractivity contribution in [1.82, 2.24) is 15.2 Å². The average molecular weight is 543 g/mol. The summed E-state index contributed by atoms with van der Waals surface area (Å²) in [4.78, 5) is 36.7. The zero-order valence-electron chi connectivity index (χ0n) is 19.5. The van der Waals surface area contributed by atoms with E-state index in [1.165, 1.54) is 0 Å². The fourth-order valence-electron chi connectivity index (χ4n) is 3.57. The number of aromatic nitrogens is 1. The monoisotopic (exact) mass is 543 g/mol. The van der Waals surface area contributed by atoms with E-state index in [0.717, 1.165) is 38.0 Å². The van der Waals surface area contributed by atoms with Crippen LogP contribution >= 0.6 is 0 Å². The van der Waals surface area contributed by atoms with E-state index < -0.39 is 24.3 Å². The fourth-order valence-corrected chi connectivity index (χ4v) is 3.57. The molecule has 3 atom stereocenters. The van der Waals surface area contributed by atoms with Gasteiger partial charge in [-0.2, -0.15) is 26.3 Å². The number of carbonyl (C=O) groups excluding carboxylic acids is 1. The van der Waals surface area contributed by atoms with Crippen LogP contribution < -0.4 is 5.32 Å². The van der Waals surface area contributed by atoms with Gasteiger partial charge in [0.1, 0.15) is 0 Å². The third kappa shape index (κ3) is 12.1. The number of ether oxygens (including phenoxy) is 1. The molecule has 37 heavy (non-hydrogen) atoms. The van der Waals surface area contributed by atoms with Crippen LogP contribution in [0, 0.1) is 11.8 Å². The van der Waals surface area contributed by atoms with E-state index >= 15 is 0 Å². The number of pyridine rings is 1. The van der Waals surface area contributed by atoms with Crippen LogP contribution in [0.25, 0.3) is 0 Å². The minimum Gasteiger partial charge on any atom is -0.475 e. The topological polar surface area (TPSA) is 129 Å². The summed E-state index contributed by atoms with van der Waals surface area (Å²) in [6, 6.07) is 3.85. The molecule has 2 aliphatic rings. The quantitative estimate of drug-likeness (QED) is 0.382. The van der Waals surface area contributed by atoms with E-state index in [1.54, 1.807) is 12.4 Å². The van der Waals surface area contributed by atoms with Crippen LogP contribution in [0.15, 0.2) is 37.2 Å². The van der Waals surface area contributed by atoms with Gasteiger partial charge in [-0.3, -0.25) is 14.7 Å². The first-order valence-electron chi connectivity index (χ1n) is 10.9. The fraction of sp³-hybridized carbons (Fsp3) is 0.545. The molecule has 0 spiro atoms. The molecular weight excluding hydrogens is 516 g/mol. The zero-order chi connectivity index (χ0) is 28.2. The Labute approximate surface area is 208 Å². The van der Waals surface area contributed by atoms with Crippen LogP contribution in [0.1, 0.15) is 18.4 Å². The molecule has 1 amide bonds. The second-order valence-corrected chi connectivity index (χ2v) is 8.09. The lowest BCUT2D eigenvalue weighted by molar-refractivity contribution is -0.193. The number of aliphatic carboxylic acids is 2. The van der Waals surface area contributed by atoms with Crippen LogP contribution in [-0.4, -0.2) is 82.6 Å². The Hall–Kier alpha value is -3.20. The first-order valence-corrected chi connectivity index (χ1v) is 10.9. The van der Waals surface area contributed by atoms with E-state index in [4.69, 9.17) is 24.5 Å². The summed E-state index contributed by atoms with van der Waals surface area (Å²) in [6.07, 6.45) is -2.42. The van der Waals surface area contributed by atoms with Crippen molar-refractivity contribution < 1.29 is 55.7 Å². The van der Waals surface area contributed by atoms with Crippen LogP contribution in [0.2, 0.25) is 0 Å². The molecule has 0 unspecified atom stereocenters. The summed E-state index contributed by atoms with van der Waals surface area (Å²) in [5.74, 6) is -5.02. The molecule has 9 nitrogen and oxygen atoms in total. The van der Waals surface area contributed by atoms with Gasteiger partial charge in [-0.1, -0.05) is 12.1 Å². The van der Waals surface area contributed by atoms with Gasteiger partial charge >= 0.3 is 24.3 Å². The number of piperidine rings is 1. The van der Waals surface area contributed by atoms with Crippen LogP contribution in [0.5, 0.6) is 0 Å². The Kier molecular flexibility index (Phi) is 12.5. The van der Waals surface area contributed by atoms with Crippen molar-refractivity contribution in [2.75, 3.05) is 26.2 Å². The van der Waals surface area contributed by atoms with Crippen molar-refractivity contribution in [3.8, 4) is 0 Å². The van der Waals surface area contributed by atoms with E-state index in [1.807, 2.05) is 18.2 Å². The molecular formula is C22H27F6N3O6. The first-order chi connectivity index (χ1) is 17.1. The number of likely N-dealkylation sites (tertiary alicyclic amines) is 1. The van der Waals surface area contributed by atoms with E-state index in [2.05, 4.69) is 21.8 Å². The molecule has 1 aromatic rings. The third-order valence-corrected chi connectivity index (χ3v) is 5.28. The number of carbonyl (C=O) groups is 3. The minimum atomic E-state index is -5.08. The lowest BCUT2D eigenvalue weighted by Gasteiger charge is -2.42. The number of hydrogen-bond acceptors (Lipinski definition) is 6. The highest BCUT2D eigenvalue weighted by Gasteiger charge is 2.39. The second-order valence-electron chi connectivity index (χ2n) is 8.09. The highest BCUT2D eigenvalue weighted by molar-refractivity contribution is 5.78. The summed E-state index contributed by atoms with van der Waals surface area (Å²) in [5, 5.41) is 17.3. The summed E-state index contributed by atoms with van der Waals surface area (Å²) in [7, 11) is 0. The SMILES string of the molecule is C=CCN1CC[C@@H]2OC[C@H](C(=O)NCc3cccnc3)C[C@@H]2C1.O=C(O)C(F)(F)F.O=C(O)C(F)(F)F. The van der Waals surface area contributed by atoms with Crippen molar-refractivity contribution in [3.63, 3.8) is 0 Å². The normalized spacial score (nSPS) is 21.6. The minimum absolute atomic E-state index is 0.0448. The maximum atomic E-state index is 12.4. The molecule has 2 saturated heterocycles. The Morgan fingerprint density at radius 3 is 2.24 bits per heavy atom. The third-order valence-electron chi connectivity index (χ3n) is 5.28. The van der Waals surface area contributed by atoms with E-state index in [0.29, 0.717) is 25.2 Å². The summed E-state index contributed by atoms with van der Waals surface area (Å²) >= 11 is 0. The molecule has 0 saturated carbocycles. The van der Waals surface area contributed by atoms with Crippen molar-refractivity contribution in [3.05, 3.63) is 42.7 Å². The predicted octanol–water partition coefficient (Wildman–Crippen LogP) is 2.88. The van der Waals surface area contributed by atoms with Gasteiger partial charge in [-0.05, 0) is 30.4 Å². The van der Waals surface area contributed by atoms with Crippen molar-refractivity contribution >= 4 is 17.8 Å². The second kappa shape index (κ2) is 14.5. The smallest absolute Gasteiger partial charge is 0.475 e. The molecule has 3 N–H and O–H groups in total. The largest absolute Gasteiger partial charge is 0.490 e. The number of hydrogen-bond donors (Lipinski definition) is 3. The van der Waals surface area contributed by atoms with Gasteiger partial charge in [0.2, 0.25) is 5.91 Å². The Morgan fingerprint density at radius 1 is 1.16 bits per heavy atom. The van der Waals surface area contributed by atoms with Gasteiger partial charge in [0, 0.05) is 38.6 Å². The van der Waals surface area contributed by atoms with Crippen molar-refractivity contribution in [2.24, 2.45) is 11.8 Å². The molecule has 3 rings (SSSR count). The number of alkyl halides is 6. The Morgan fingerprint density at radius 2 is 1.76 bits per heavy atom. The standard InChI is InChI=1S/C18H25N3O2.2C2HF3O2/c1-2-7-21-8-5-17-15(12-21)9-16(13-23-17)18(22)20-11-14-4-3-6-19-10-14;2*3-2(4,5)1(6)7/h2-4,6,10,15-17H,1,5,7-9,11-13H2,(H,20,22);2*(H,6,7)/t15-,16-,17+;;/m1../s1. The van der Waals surface area contributed by atoms with Gasteiger partial charge < -0.3 is 20.3 Å². The van der Waals surface area contributed by atoms with Crippen LogP contribution in [0.3, 0.4) is 0 Å². The Bertz CT molecular complexity index is 873. The molecule has 0 bridgehead atoms. The maximum Gasteiger partial charge on any atom is 0.490 e. The van der Waals surface area contributed by atoms with Crippen LogP contribution in [-0.2, 0) is 25.7 Å².